The normalized spacial score (nSPS) is 25.5. The van der Waals surface area contributed by atoms with Gasteiger partial charge in [0.15, 0.2) is 0 Å². The number of carbonyl (C=O) groups is 1. The van der Waals surface area contributed by atoms with Gasteiger partial charge in [-0.1, -0.05) is 0 Å². The first-order valence-electron chi connectivity index (χ1n) is 3.73. The van der Waals surface area contributed by atoms with Gasteiger partial charge in [-0.05, 0) is 25.8 Å². The summed E-state index contributed by atoms with van der Waals surface area (Å²) < 4.78 is 5.23. The van der Waals surface area contributed by atoms with Crippen LogP contribution in [0.25, 0.3) is 0 Å². The molecule has 0 aromatic rings. The van der Waals surface area contributed by atoms with E-state index in [1.807, 2.05) is 0 Å². The summed E-state index contributed by atoms with van der Waals surface area (Å²) in [6.07, 6.45) is 3.69. The van der Waals surface area contributed by atoms with Gasteiger partial charge in [0.05, 0.1) is 6.10 Å². The molecule has 1 N–H and O–H groups in total. The van der Waals surface area contributed by atoms with Crippen LogP contribution in [-0.4, -0.2) is 23.8 Å². The zero-order valence-corrected chi connectivity index (χ0v) is 6.54. The molecule has 62 valence electrons. The van der Waals surface area contributed by atoms with Gasteiger partial charge >= 0.3 is 5.97 Å². The first-order valence-corrected chi connectivity index (χ1v) is 3.73. The van der Waals surface area contributed by atoms with Crippen LogP contribution in [0.2, 0.25) is 0 Å². The molecule has 1 aliphatic rings. The second-order valence-corrected chi connectivity index (χ2v) is 2.71. The van der Waals surface area contributed by atoms with E-state index in [4.69, 9.17) is 9.84 Å². The minimum Gasteiger partial charge on any atom is -0.478 e. The molecule has 0 saturated carbocycles. The van der Waals surface area contributed by atoms with Gasteiger partial charge in [-0.25, -0.2) is 4.79 Å². The quantitative estimate of drug-likeness (QED) is 0.611. The second-order valence-electron chi connectivity index (χ2n) is 2.71. The molecule has 1 atom stereocenters. The van der Waals surface area contributed by atoms with Gasteiger partial charge in [0.1, 0.15) is 0 Å². The molecule has 0 spiro atoms. The first-order chi connectivity index (χ1) is 5.20. The van der Waals surface area contributed by atoms with Gasteiger partial charge < -0.3 is 9.84 Å². The smallest absolute Gasteiger partial charge is 0.331 e. The molecule has 0 amide bonds. The Hall–Kier alpha value is -0.830. The molecular weight excluding hydrogens is 144 g/mol. The third-order valence-electron chi connectivity index (χ3n) is 1.74. The van der Waals surface area contributed by atoms with E-state index >= 15 is 0 Å². The molecule has 0 bridgehead atoms. The van der Waals surface area contributed by atoms with Crippen LogP contribution >= 0.6 is 0 Å². The van der Waals surface area contributed by atoms with Crippen LogP contribution in [-0.2, 0) is 9.53 Å². The summed E-state index contributed by atoms with van der Waals surface area (Å²) in [4.78, 5) is 10.4. The van der Waals surface area contributed by atoms with E-state index < -0.39 is 5.97 Å². The molecule has 11 heavy (non-hydrogen) atoms. The van der Waals surface area contributed by atoms with Crippen molar-refractivity contribution < 1.29 is 14.6 Å². The Bertz CT molecular complexity index is 178. The van der Waals surface area contributed by atoms with E-state index in [0.29, 0.717) is 5.57 Å². The van der Waals surface area contributed by atoms with E-state index in [9.17, 15) is 4.79 Å². The lowest BCUT2D eigenvalue weighted by atomic mass is 10.2. The van der Waals surface area contributed by atoms with Crippen molar-refractivity contribution in [3.63, 3.8) is 0 Å². The van der Waals surface area contributed by atoms with Gasteiger partial charge in [-0.15, -0.1) is 0 Å². The lowest BCUT2D eigenvalue weighted by molar-refractivity contribution is -0.132. The largest absolute Gasteiger partial charge is 0.478 e. The van der Waals surface area contributed by atoms with Crippen molar-refractivity contribution in [2.24, 2.45) is 0 Å². The van der Waals surface area contributed by atoms with E-state index in [1.165, 1.54) is 0 Å². The van der Waals surface area contributed by atoms with E-state index in [2.05, 4.69) is 0 Å². The Labute approximate surface area is 65.7 Å². The fourth-order valence-electron chi connectivity index (χ4n) is 1.08. The summed E-state index contributed by atoms with van der Waals surface area (Å²) in [6, 6.07) is 0. The topological polar surface area (TPSA) is 46.5 Å². The predicted molar refractivity (Wildman–Crippen MR) is 40.4 cm³/mol. The van der Waals surface area contributed by atoms with Crippen LogP contribution < -0.4 is 0 Å². The van der Waals surface area contributed by atoms with Gasteiger partial charge in [0.25, 0.3) is 0 Å². The number of carboxylic acid groups (broad SMARTS) is 1. The number of rotatable bonds is 2. The lowest BCUT2D eigenvalue weighted by Crippen LogP contribution is -2.05. The van der Waals surface area contributed by atoms with Crippen LogP contribution in [0, 0.1) is 0 Å². The zero-order chi connectivity index (χ0) is 8.27. The second kappa shape index (κ2) is 3.53. The van der Waals surface area contributed by atoms with Crippen molar-refractivity contribution in [1.29, 1.82) is 0 Å². The molecule has 0 aromatic carbocycles. The monoisotopic (exact) mass is 156 g/mol. The average Bonchev–Trinajstić information content (AvgIpc) is 2.39. The molecule has 1 fully saturated rings. The predicted octanol–water partition coefficient (Wildman–Crippen LogP) is 1.20. The molecule has 0 radical (unpaired) electrons. The molecule has 0 aliphatic carbocycles. The molecule has 3 heteroatoms. The molecule has 0 aromatic heterocycles. The summed E-state index contributed by atoms with van der Waals surface area (Å²) in [5.41, 5.74) is 0.372. The number of ether oxygens (including phenoxy) is 1. The van der Waals surface area contributed by atoms with Crippen LogP contribution in [0.15, 0.2) is 11.6 Å². The van der Waals surface area contributed by atoms with Crippen LogP contribution in [0.3, 0.4) is 0 Å². The van der Waals surface area contributed by atoms with Crippen molar-refractivity contribution in [2.75, 3.05) is 6.61 Å². The highest BCUT2D eigenvalue weighted by atomic mass is 16.5. The third-order valence-corrected chi connectivity index (χ3v) is 1.74. The maximum absolute atomic E-state index is 10.4. The summed E-state index contributed by atoms with van der Waals surface area (Å²) >= 11 is 0. The molecule has 1 unspecified atom stereocenters. The van der Waals surface area contributed by atoms with Crippen LogP contribution in [0.4, 0.5) is 0 Å². The van der Waals surface area contributed by atoms with Crippen molar-refractivity contribution >= 4 is 5.97 Å². The van der Waals surface area contributed by atoms with Crippen molar-refractivity contribution in [3.05, 3.63) is 11.6 Å². The third kappa shape index (κ3) is 2.35. The standard InChI is InChI=1S/C8H12O3/c1-6(8(9)10)5-7-3-2-4-11-7/h5,7H,2-4H2,1H3,(H,9,10). The fraction of sp³-hybridized carbons (Fsp3) is 0.625. The number of hydrogen-bond donors (Lipinski definition) is 1. The van der Waals surface area contributed by atoms with Gasteiger partial charge in [-0.2, -0.15) is 0 Å². The molecule has 3 nitrogen and oxygen atoms in total. The van der Waals surface area contributed by atoms with E-state index in [0.717, 1.165) is 19.4 Å². The van der Waals surface area contributed by atoms with E-state index in [1.54, 1.807) is 13.0 Å². The maximum Gasteiger partial charge on any atom is 0.331 e. The highest BCUT2D eigenvalue weighted by molar-refractivity contribution is 5.85. The lowest BCUT2D eigenvalue weighted by Gasteiger charge is -2.02. The minimum absolute atomic E-state index is 0.0334. The maximum atomic E-state index is 10.4. The van der Waals surface area contributed by atoms with Gasteiger partial charge in [0.2, 0.25) is 0 Å². The average molecular weight is 156 g/mol. The highest BCUT2D eigenvalue weighted by Crippen LogP contribution is 2.14. The zero-order valence-electron chi connectivity index (χ0n) is 6.54. The number of hydrogen-bond acceptors (Lipinski definition) is 2. The molecule has 1 aliphatic heterocycles. The van der Waals surface area contributed by atoms with Gasteiger partial charge in [0, 0.05) is 12.2 Å². The Morgan fingerprint density at radius 2 is 2.45 bits per heavy atom. The molecular formula is C8H12O3. The van der Waals surface area contributed by atoms with Crippen molar-refractivity contribution in [3.8, 4) is 0 Å². The summed E-state index contributed by atoms with van der Waals surface area (Å²) in [5.74, 6) is -0.861. The number of carboxylic acids is 1. The van der Waals surface area contributed by atoms with Crippen molar-refractivity contribution in [1.82, 2.24) is 0 Å². The van der Waals surface area contributed by atoms with E-state index in [-0.39, 0.29) is 6.10 Å². The molecule has 1 rings (SSSR count). The molecule has 1 saturated heterocycles. The Morgan fingerprint density at radius 1 is 1.73 bits per heavy atom. The minimum atomic E-state index is -0.861. The summed E-state index contributed by atoms with van der Waals surface area (Å²) in [6.45, 7) is 2.35. The Kier molecular flexibility index (Phi) is 2.65. The first kappa shape index (κ1) is 8.27. The van der Waals surface area contributed by atoms with Crippen LogP contribution in [0.1, 0.15) is 19.8 Å². The highest BCUT2D eigenvalue weighted by Gasteiger charge is 2.14. The molecule has 1 heterocycles. The number of aliphatic carboxylic acids is 1. The fourth-order valence-corrected chi connectivity index (χ4v) is 1.08. The summed E-state index contributed by atoms with van der Waals surface area (Å²) in [5, 5.41) is 8.52. The SMILES string of the molecule is CC(=CC1CCCO1)C(=O)O. The Balaban J connectivity index is 2.49. The Morgan fingerprint density at radius 3 is 2.91 bits per heavy atom. The van der Waals surface area contributed by atoms with Crippen LogP contribution in [0.5, 0.6) is 0 Å². The van der Waals surface area contributed by atoms with Crippen molar-refractivity contribution in [2.45, 2.75) is 25.9 Å². The van der Waals surface area contributed by atoms with Gasteiger partial charge in [-0.3, -0.25) is 0 Å². The summed E-state index contributed by atoms with van der Waals surface area (Å²) in [7, 11) is 0.